The summed E-state index contributed by atoms with van der Waals surface area (Å²) in [5.41, 5.74) is 3.28. The van der Waals surface area contributed by atoms with Crippen molar-refractivity contribution >= 4 is 28.9 Å². The Morgan fingerprint density at radius 1 is 0.964 bits per heavy atom. The van der Waals surface area contributed by atoms with Crippen LogP contribution < -0.4 is 14.8 Å². The second kappa shape index (κ2) is 9.18. The lowest BCUT2D eigenvalue weighted by molar-refractivity contribution is 0.279. The quantitative estimate of drug-likeness (QED) is 0.465. The minimum Gasteiger partial charge on any atom is -0.493 e. The van der Waals surface area contributed by atoms with E-state index < -0.39 is 5.82 Å². The maximum Gasteiger partial charge on any atom is 0.161 e. The van der Waals surface area contributed by atoms with Crippen LogP contribution in [0.1, 0.15) is 16.7 Å². The van der Waals surface area contributed by atoms with Gasteiger partial charge in [-0.2, -0.15) is 0 Å². The molecule has 3 aromatic carbocycles. The molecule has 0 aromatic heterocycles. The average Bonchev–Trinajstić information content (AvgIpc) is 2.69. The lowest BCUT2D eigenvalue weighted by Crippen LogP contribution is -2.03. The highest BCUT2D eigenvalue weighted by atomic mass is 35.5. The van der Waals surface area contributed by atoms with Crippen LogP contribution in [0.2, 0.25) is 10.0 Å². The first-order valence-electron chi connectivity index (χ1n) is 8.70. The molecule has 146 valence electrons. The zero-order valence-electron chi connectivity index (χ0n) is 15.6. The second-order valence-corrected chi connectivity index (χ2v) is 7.11. The lowest BCUT2D eigenvalue weighted by atomic mass is 10.1. The standard InChI is InChI=1S/C22H20Cl2FNO2/c1-14-6-8-16(11-19(14)24)26-12-15-7-9-21(22(10-15)27-2)28-13-17-18(23)4-3-5-20(17)25/h3-11,26H,12-13H2,1-2H3. The maximum absolute atomic E-state index is 13.9. The van der Waals surface area contributed by atoms with Gasteiger partial charge in [-0.25, -0.2) is 4.39 Å². The van der Waals surface area contributed by atoms with Crippen molar-refractivity contribution < 1.29 is 13.9 Å². The normalized spacial score (nSPS) is 10.6. The second-order valence-electron chi connectivity index (χ2n) is 6.29. The van der Waals surface area contributed by atoms with E-state index in [9.17, 15) is 4.39 Å². The number of benzene rings is 3. The Balaban J connectivity index is 1.68. The number of halogens is 3. The van der Waals surface area contributed by atoms with E-state index in [1.165, 1.54) is 6.07 Å². The number of aryl methyl sites for hydroxylation is 1. The van der Waals surface area contributed by atoms with E-state index in [0.29, 0.717) is 28.6 Å². The van der Waals surface area contributed by atoms with Crippen LogP contribution in [0.4, 0.5) is 10.1 Å². The molecule has 3 rings (SSSR count). The summed E-state index contributed by atoms with van der Waals surface area (Å²) in [6.07, 6.45) is 0. The van der Waals surface area contributed by atoms with Crippen LogP contribution in [-0.4, -0.2) is 7.11 Å². The number of ether oxygens (including phenoxy) is 2. The molecule has 0 radical (unpaired) electrons. The number of methoxy groups -OCH3 is 1. The van der Waals surface area contributed by atoms with Gasteiger partial charge in [0.2, 0.25) is 0 Å². The van der Waals surface area contributed by atoms with Gasteiger partial charge in [-0.05, 0) is 54.4 Å². The Bertz CT molecular complexity index is 958. The molecule has 0 spiro atoms. The number of hydrogen-bond acceptors (Lipinski definition) is 3. The SMILES string of the molecule is COc1cc(CNc2ccc(C)c(Cl)c2)ccc1OCc1c(F)cccc1Cl. The molecule has 0 amide bonds. The minimum atomic E-state index is -0.399. The Hall–Kier alpha value is -2.43. The Labute approximate surface area is 174 Å². The molecule has 0 aliphatic carbocycles. The van der Waals surface area contributed by atoms with Gasteiger partial charge >= 0.3 is 0 Å². The molecule has 0 heterocycles. The smallest absolute Gasteiger partial charge is 0.161 e. The first kappa shape index (κ1) is 20.3. The summed E-state index contributed by atoms with van der Waals surface area (Å²) < 4.78 is 25.1. The Kier molecular flexibility index (Phi) is 6.65. The van der Waals surface area contributed by atoms with Crippen LogP contribution >= 0.6 is 23.2 Å². The molecule has 0 unspecified atom stereocenters. The summed E-state index contributed by atoms with van der Waals surface area (Å²) in [7, 11) is 1.56. The third-order valence-corrected chi connectivity index (χ3v) is 5.09. The fourth-order valence-electron chi connectivity index (χ4n) is 2.67. The van der Waals surface area contributed by atoms with Crippen molar-refractivity contribution in [3.05, 3.63) is 87.2 Å². The molecular formula is C22H20Cl2FNO2. The number of hydrogen-bond donors (Lipinski definition) is 1. The zero-order chi connectivity index (χ0) is 20.1. The minimum absolute atomic E-state index is 0.0152. The third-order valence-electron chi connectivity index (χ3n) is 4.33. The number of anilines is 1. The molecule has 0 atom stereocenters. The highest BCUT2D eigenvalue weighted by Gasteiger charge is 2.11. The van der Waals surface area contributed by atoms with E-state index in [2.05, 4.69) is 5.32 Å². The molecule has 0 fully saturated rings. The predicted molar refractivity (Wildman–Crippen MR) is 112 cm³/mol. The zero-order valence-corrected chi connectivity index (χ0v) is 17.1. The average molecular weight is 420 g/mol. The van der Waals surface area contributed by atoms with Gasteiger partial charge in [0.05, 0.1) is 12.1 Å². The highest BCUT2D eigenvalue weighted by Crippen LogP contribution is 2.30. The molecule has 0 saturated carbocycles. The summed E-state index contributed by atoms with van der Waals surface area (Å²) in [4.78, 5) is 0. The van der Waals surface area contributed by atoms with Crippen molar-refractivity contribution in [1.82, 2.24) is 0 Å². The Morgan fingerprint density at radius 3 is 2.50 bits per heavy atom. The first-order chi connectivity index (χ1) is 13.5. The van der Waals surface area contributed by atoms with Crippen LogP contribution in [0.25, 0.3) is 0 Å². The van der Waals surface area contributed by atoms with Crippen LogP contribution in [0.3, 0.4) is 0 Å². The highest BCUT2D eigenvalue weighted by molar-refractivity contribution is 6.31. The van der Waals surface area contributed by atoms with Crippen molar-refractivity contribution in [1.29, 1.82) is 0 Å². The molecule has 0 bridgehead atoms. The predicted octanol–water partition coefficient (Wildman–Crippen LogP) is 6.64. The van der Waals surface area contributed by atoms with E-state index in [0.717, 1.165) is 21.8 Å². The number of rotatable bonds is 7. The summed E-state index contributed by atoms with van der Waals surface area (Å²) in [5.74, 6) is 0.682. The molecule has 28 heavy (non-hydrogen) atoms. The van der Waals surface area contributed by atoms with Gasteiger partial charge in [0.25, 0.3) is 0 Å². The molecule has 0 saturated heterocycles. The fourth-order valence-corrected chi connectivity index (χ4v) is 3.07. The van der Waals surface area contributed by atoms with Crippen molar-refractivity contribution in [3.63, 3.8) is 0 Å². The molecule has 6 heteroatoms. The largest absolute Gasteiger partial charge is 0.493 e. The van der Waals surface area contributed by atoms with E-state index in [1.807, 2.05) is 37.3 Å². The number of nitrogens with one attached hydrogen (secondary N) is 1. The van der Waals surface area contributed by atoms with E-state index in [-0.39, 0.29) is 6.61 Å². The molecule has 0 aliphatic rings. The van der Waals surface area contributed by atoms with Crippen LogP contribution in [0.15, 0.2) is 54.6 Å². The van der Waals surface area contributed by atoms with Gasteiger partial charge in [0.15, 0.2) is 11.5 Å². The van der Waals surface area contributed by atoms with Crippen molar-refractivity contribution in [2.24, 2.45) is 0 Å². The summed E-state index contributed by atoms with van der Waals surface area (Å²) in [6.45, 7) is 2.57. The van der Waals surface area contributed by atoms with Gasteiger partial charge in [-0.1, -0.05) is 41.4 Å². The third kappa shape index (κ3) is 4.89. The summed E-state index contributed by atoms with van der Waals surface area (Å²) >= 11 is 12.2. The van der Waals surface area contributed by atoms with Gasteiger partial charge in [0, 0.05) is 22.8 Å². The van der Waals surface area contributed by atoms with Gasteiger partial charge in [0.1, 0.15) is 12.4 Å². The molecule has 1 N–H and O–H groups in total. The Morgan fingerprint density at radius 2 is 1.79 bits per heavy atom. The van der Waals surface area contributed by atoms with E-state index in [1.54, 1.807) is 25.3 Å². The van der Waals surface area contributed by atoms with Gasteiger partial charge in [-0.3, -0.25) is 0 Å². The molecular weight excluding hydrogens is 400 g/mol. The van der Waals surface area contributed by atoms with Crippen LogP contribution in [0.5, 0.6) is 11.5 Å². The maximum atomic E-state index is 13.9. The van der Waals surface area contributed by atoms with Crippen LogP contribution in [0, 0.1) is 12.7 Å². The molecule has 0 aliphatic heterocycles. The topological polar surface area (TPSA) is 30.5 Å². The van der Waals surface area contributed by atoms with Crippen LogP contribution in [-0.2, 0) is 13.2 Å². The van der Waals surface area contributed by atoms with Crippen molar-refractivity contribution in [3.8, 4) is 11.5 Å². The fraction of sp³-hybridized carbons (Fsp3) is 0.182. The summed E-state index contributed by atoms with van der Waals surface area (Å²) in [6, 6.07) is 16.0. The van der Waals surface area contributed by atoms with E-state index >= 15 is 0 Å². The lowest BCUT2D eigenvalue weighted by Gasteiger charge is -2.14. The van der Waals surface area contributed by atoms with Crippen molar-refractivity contribution in [2.45, 2.75) is 20.1 Å². The summed E-state index contributed by atoms with van der Waals surface area (Å²) in [5, 5.41) is 4.38. The van der Waals surface area contributed by atoms with Crippen molar-refractivity contribution in [2.75, 3.05) is 12.4 Å². The van der Waals surface area contributed by atoms with E-state index in [4.69, 9.17) is 32.7 Å². The molecule has 3 aromatic rings. The van der Waals surface area contributed by atoms with Gasteiger partial charge < -0.3 is 14.8 Å². The van der Waals surface area contributed by atoms with Gasteiger partial charge in [-0.15, -0.1) is 0 Å². The monoisotopic (exact) mass is 419 g/mol. The first-order valence-corrected chi connectivity index (χ1v) is 9.46. The molecule has 3 nitrogen and oxygen atoms in total.